The van der Waals surface area contributed by atoms with E-state index in [0.29, 0.717) is 5.82 Å². The van der Waals surface area contributed by atoms with Gasteiger partial charge in [0.2, 0.25) is 0 Å². The molecule has 0 atom stereocenters. The van der Waals surface area contributed by atoms with E-state index in [1.165, 1.54) is 0 Å². The van der Waals surface area contributed by atoms with E-state index in [1.807, 2.05) is 12.1 Å². The van der Waals surface area contributed by atoms with Crippen LogP contribution in [0.1, 0.15) is 24.6 Å². The van der Waals surface area contributed by atoms with E-state index in [9.17, 15) is 0 Å². The zero-order valence-corrected chi connectivity index (χ0v) is 7.95. The van der Waals surface area contributed by atoms with Crippen LogP contribution in [0.25, 0.3) is 0 Å². The van der Waals surface area contributed by atoms with Gasteiger partial charge in [-0.25, -0.2) is 4.98 Å². The van der Waals surface area contributed by atoms with E-state index in [0.717, 1.165) is 30.5 Å². The molecule has 3 heteroatoms. The molecule has 1 rings (SSSR count). The summed E-state index contributed by atoms with van der Waals surface area (Å²) in [5.74, 6) is 0.623. The molecule has 13 heavy (non-hydrogen) atoms. The molecule has 0 bridgehead atoms. The Bertz CT molecular complexity index is 274. The molecule has 0 unspecified atom stereocenters. The van der Waals surface area contributed by atoms with Crippen molar-refractivity contribution in [2.45, 2.75) is 26.2 Å². The Labute approximate surface area is 78.6 Å². The quantitative estimate of drug-likeness (QED) is 0.730. The van der Waals surface area contributed by atoms with E-state index in [-0.39, 0.29) is 6.61 Å². The predicted octanol–water partition coefficient (Wildman–Crippen LogP) is 1.15. The lowest BCUT2D eigenvalue weighted by molar-refractivity contribution is 0.288. The molecule has 3 nitrogen and oxygen atoms in total. The molecule has 3 N–H and O–H groups in total. The Morgan fingerprint density at radius 3 is 2.77 bits per heavy atom. The van der Waals surface area contributed by atoms with Gasteiger partial charge in [0.25, 0.3) is 0 Å². The first-order valence-electron chi connectivity index (χ1n) is 4.63. The molecule has 0 aliphatic carbocycles. The minimum absolute atomic E-state index is 0.205. The maximum Gasteiger partial charge on any atom is 0.126 e. The number of nitrogens with two attached hydrogens (primary N) is 1. The number of nitrogens with zero attached hydrogens (tertiary/aromatic N) is 1. The lowest BCUT2D eigenvalue weighted by Gasteiger charge is -2.04. The molecule has 0 fully saturated rings. The van der Waals surface area contributed by atoms with Crippen molar-refractivity contribution in [3.8, 4) is 0 Å². The Morgan fingerprint density at radius 2 is 2.23 bits per heavy atom. The van der Waals surface area contributed by atoms with Gasteiger partial charge in [-0.3, -0.25) is 0 Å². The summed E-state index contributed by atoms with van der Waals surface area (Å²) in [7, 11) is 0. The number of anilines is 1. The number of nitrogen functional groups attached to an aromatic ring is 1. The van der Waals surface area contributed by atoms with Crippen LogP contribution in [0.2, 0.25) is 0 Å². The van der Waals surface area contributed by atoms with Crippen LogP contribution in [0.5, 0.6) is 0 Å². The van der Waals surface area contributed by atoms with Gasteiger partial charge in [-0.15, -0.1) is 0 Å². The highest BCUT2D eigenvalue weighted by Gasteiger charge is 2.00. The lowest BCUT2D eigenvalue weighted by atomic mass is 10.1. The van der Waals surface area contributed by atoms with E-state index in [4.69, 9.17) is 10.8 Å². The van der Waals surface area contributed by atoms with Gasteiger partial charge in [0.1, 0.15) is 5.82 Å². The van der Waals surface area contributed by atoms with Gasteiger partial charge in [0, 0.05) is 12.3 Å². The second-order valence-electron chi connectivity index (χ2n) is 3.03. The van der Waals surface area contributed by atoms with Crippen molar-refractivity contribution in [3.63, 3.8) is 0 Å². The van der Waals surface area contributed by atoms with Crippen LogP contribution in [-0.4, -0.2) is 16.7 Å². The first-order chi connectivity index (χ1) is 6.27. The van der Waals surface area contributed by atoms with Crippen molar-refractivity contribution in [1.29, 1.82) is 0 Å². The fourth-order valence-electron chi connectivity index (χ4n) is 1.24. The second kappa shape index (κ2) is 4.82. The van der Waals surface area contributed by atoms with Crippen molar-refractivity contribution >= 4 is 5.82 Å². The van der Waals surface area contributed by atoms with Crippen molar-refractivity contribution in [1.82, 2.24) is 4.98 Å². The molecular weight excluding hydrogens is 164 g/mol. The van der Waals surface area contributed by atoms with Gasteiger partial charge in [-0.2, -0.15) is 0 Å². The summed E-state index contributed by atoms with van der Waals surface area (Å²) < 4.78 is 0. The van der Waals surface area contributed by atoms with Crippen molar-refractivity contribution in [2.75, 3.05) is 12.3 Å². The van der Waals surface area contributed by atoms with Gasteiger partial charge < -0.3 is 10.8 Å². The molecule has 0 saturated carbocycles. The van der Waals surface area contributed by atoms with Gasteiger partial charge in [-0.1, -0.05) is 13.0 Å². The maximum absolute atomic E-state index is 8.64. The lowest BCUT2D eigenvalue weighted by Crippen LogP contribution is -2.01. The Morgan fingerprint density at radius 1 is 1.46 bits per heavy atom. The zero-order valence-electron chi connectivity index (χ0n) is 7.95. The third-order valence-corrected chi connectivity index (χ3v) is 2.04. The van der Waals surface area contributed by atoms with Crippen molar-refractivity contribution in [2.24, 2.45) is 0 Å². The fourth-order valence-corrected chi connectivity index (χ4v) is 1.24. The number of aliphatic hydroxyl groups is 1. The molecule has 1 heterocycles. The van der Waals surface area contributed by atoms with Crippen LogP contribution < -0.4 is 5.73 Å². The summed E-state index contributed by atoms with van der Waals surface area (Å²) in [5.41, 5.74) is 7.78. The van der Waals surface area contributed by atoms with Crippen LogP contribution in [0.15, 0.2) is 12.1 Å². The summed E-state index contributed by atoms with van der Waals surface area (Å²) in [6, 6.07) is 3.99. The third kappa shape index (κ3) is 2.70. The normalized spacial score (nSPS) is 10.3. The molecule has 0 radical (unpaired) electrons. The number of aryl methyl sites for hydroxylation is 2. The summed E-state index contributed by atoms with van der Waals surface area (Å²) in [6.07, 6.45) is 2.46. The standard InChI is InChI=1S/C10H16N2O/c1-2-8-5-6-9(4-3-7-13)12-10(8)11/h5-6,13H,2-4,7H2,1H3,(H2,11,12). The smallest absolute Gasteiger partial charge is 0.126 e. The zero-order chi connectivity index (χ0) is 9.68. The summed E-state index contributed by atoms with van der Waals surface area (Å²) >= 11 is 0. The number of hydrogen-bond donors (Lipinski definition) is 2. The average molecular weight is 180 g/mol. The molecule has 0 aromatic carbocycles. The number of aliphatic hydroxyl groups excluding tert-OH is 1. The van der Waals surface area contributed by atoms with E-state index < -0.39 is 0 Å². The van der Waals surface area contributed by atoms with Crippen LogP contribution in [0.3, 0.4) is 0 Å². The second-order valence-corrected chi connectivity index (χ2v) is 3.03. The molecular formula is C10H16N2O. The molecule has 0 saturated heterocycles. The van der Waals surface area contributed by atoms with Gasteiger partial charge in [-0.05, 0) is 30.9 Å². The molecule has 0 aliphatic rings. The Balaban J connectivity index is 2.71. The molecule has 1 aromatic heterocycles. The summed E-state index contributed by atoms with van der Waals surface area (Å²) in [5, 5.41) is 8.64. The first-order valence-corrected chi connectivity index (χ1v) is 4.63. The number of rotatable bonds is 4. The minimum atomic E-state index is 0.205. The van der Waals surface area contributed by atoms with Crippen LogP contribution in [0, 0.1) is 0 Å². The fraction of sp³-hybridized carbons (Fsp3) is 0.500. The Kier molecular flexibility index (Phi) is 3.71. The highest BCUT2D eigenvalue weighted by Crippen LogP contribution is 2.11. The minimum Gasteiger partial charge on any atom is -0.396 e. The van der Waals surface area contributed by atoms with E-state index in [1.54, 1.807) is 0 Å². The molecule has 72 valence electrons. The van der Waals surface area contributed by atoms with Gasteiger partial charge >= 0.3 is 0 Å². The molecule has 0 spiro atoms. The monoisotopic (exact) mass is 180 g/mol. The van der Waals surface area contributed by atoms with Crippen molar-refractivity contribution < 1.29 is 5.11 Å². The van der Waals surface area contributed by atoms with Crippen LogP contribution >= 0.6 is 0 Å². The number of pyridine rings is 1. The van der Waals surface area contributed by atoms with Crippen LogP contribution in [-0.2, 0) is 12.8 Å². The first kappa shape index (κ1) is 9.99. The molecule has 0 aliphatic heterocycles. The largest absolute Gasteiger partial charge is 0.396 e. The predicted molar refractivity (Wildman–Crippen MR) is 53.4 cm³/mol. The Hall–Kier alpha value is -1.09. The number of hydrogen-bond acceptors (Lipinski definition) is 3. The number of aromatic nitrogens is 1. The topological polar surface area (TPSA) is 59.1 Å². The summed E-state index contributed by atoms with van der Waals surface area (Å²) in [6.45, 7) is 2.26. The van der Waals surface area contributed by atoms with Crippen molar-refractivity contribution in [3.05, 3.63) is 23.4 Å². The van der Waals surface area contributed by atoms with Gasteiger partial charge in [0.05, 0.1) is 0 Å². The van der Waals surface area contributed by atoms with Crippen LogP contribution in [0.4, 0.5) is 5.82 Å². The average Bonchev–Trinajstić information content (AvgIpc) is 2.15. The highest BCUT2D eigenvalue weighted by molar-refractivity contribution is 5.40. The van der Waals surface area contributed by atoms with Gasteiger partial charge in [0.15, 0.2) is 0 Å². The van der Waals surface area contributed by atoms with E-state index >= 15 is 0 Å². The summed E-state index contributed by atoms with van der Waals surface area (Å²) in [4.78, 5) is 4.25. The SMILES string of the molecule is CCc1ccc(CCCO)nc1N. The maximum atomic E-state index is 8.64. The molecule has 1 aromatic rings. The highest BCUT2D eigenvalue weighted by atomic mass is 16.2. The van der Waals surface area contributed by atoms with E-state index in [2.05, 4.69) is 11.9 Å². The molecule has 0 amide bonds. The third-order valence-electron chi connectivity index (χ3n) is 2.04.